The third-order valence-electron chi connectivity index (χ3n) is 2.49. The van der Waals surface area contributed by atoms with Crippen molar-refractivity contribution in [2.45, 2.75) is 6.92 Å². The van der Waals surface area contributed by atoms with Gasteiger partial charge < -0.3 is 4.52 Å². The lowest BCUT2D eigenvalue weighted by molar-refractivity contribution is -0.386. The van der Waals surface area contributed by atoms with E-state index in [1.54, 1.807) is 19.1 Å². The molecule has 0 aliphatic rings. The smallest absolute Gasteiger partial charge is 0.338 e. The lowest BCUT2D eigenvalue weighted by atomic mass is 10.2. The van der Waals surface area contributed by atoms with E-state index in [0.29, 0.717) is 0 Å². The quantitative estimate of drug-likeness (QED) is 0.476. The Bertz CT molecular complexity index is 627. The van der Waals surface area contributed by atoms with E-state index in [1.807, 2.05) is 36.4 Å². The molecule has 0 saturated carbocycles. The standard InChI is InChI=1S/C14H12N2O3/c1-11-14(16(17)18)13(19-15-11)10-6-5-9-12-7-3-2-4-8-12/h2-10H,1H3. The molecule has 0 spiro atoms. The second-order valence-electron chi connectivity index (χ2n) is 3.87. The van der Waals surface area contributed by atoms with Crippen LogP contribution in [0.25, 0.3) is 12.2 Å². The van der Waals surface area contributed by atoms with Gasteiger partial charge in [-0.3, -0.25) is 10.1 Å². The molecule has 1 heterocycles. The summed E-state index contributed by atoms with van der Waals surface area (Å²) in [7, 11) is 0. The Morgan fingerprint density at radius 1 is 1.21 bits per heavy atom. The highest BCUT2D eigenvalue weighted by atomic mass is 16.6. The summed E-state index contributed by atoms with van der Waals surface area (Å²) in [5.74, 6) is 0.153. The normalized spacial score (nSPS) is 11.4. The minimum atomic E-state index is -0.494. The predicted octanol–water partition coefficient (Wildman–Crippen LogP) is 3.62. The number of allylic oxidation sites excluding steroid dienone is 2. The molecule has 0 aliphatic carbocycles. The Balaban J connectivity index is 2.12. The maximum atomic E-state index is 10.8. The Morgan fingerprint density at radius 3 is 2.58 bits per heavy atom. The number of aromatic nitrogens is 1. The van der Waals surface area contributed by atoms with Gasteiger partial charge in [-0.15, -0.1) is 0 Å². The number of hydrogen-bond donors (Lipinski definition) is 0. The number of aryl methyl sites for hydroxylation is 1. The molecule has 5 heteroatoms. The Labute approximate surface area is 110 Å². The first-order valence-electron chi connectivity index (χ1n) is 5.69. The molecule has 1 aromatic carbocycles. The van der Waals surface area contributed by atoms with E-state index >= 15 is 0 Å². The maximum absolute atomic E-state index is 10.8. The largest absolute Gasteiger partial charge is 0.349 e. The van der Waals surface area contributed by atoms with Gasteiger partial charge in [0.2, 0.25) is 5.76 Å². The molecular weight excluding hydrogens is 244 g/mol. The summed E-state index contributed by atoms with van der Waals surface area (Å²) in [6.07, 6.45) is 6.89. The summed E-state index contributed by atoms with van der Waals surface area (Å²) in [4.78, 5) is 10.3. The van der Waals surface area contributed by atoms with Crippen LogP contribution in [0.4, 0.5) is 5.69 Å². The van der Waals surface area contributed by atoms with Crippen molar-refractivity contribution in [2.24, 2.45) is 0 Å². The van der Waals surface area contributed by atoms with Crippen LogP contribution in [0.1, 0.15) is 17.0 Å². The molecule has 0 radical (unpaired) electrons. The van der Waals surface area contributed by atoms with Gasteiger partial charge in [-0.05, 0) is 18.6 Å². The van der Waals surface area contributed by atoms with Gasteiger partial charge in [0.1, 0.15) is 0 Å². The van der Waals surface area contributed by atoms with Crippen LogP contribution in [-0.2, 0) is 0 Å². The first-order valence-corrected chi connectivity index (χ1v) is 5.69. The van der Waals surface area contributed by atoms with Gasteiger partial charge in [0.05, 0.1) is 4.92 Å². The molecule has 0 fully saturated rings. The van der Waals surface area contributed by atoms with Crippen LogP contribution in [0.2, 0.25) is 0 Å². The van der Waals surface area contributed by atoms with Crippen molar-refractivity contribution in [1.29, 1.82) is 0 Å². The zero-order valence-corrected chi connectivity index (χ0v) is 10.3. The van der Waals surface area contributed by atoms with Crippen LogP contribution in [0.3, 0.4) is 0 Å². The minimum absolute atomic E-state index is 0.0932. The van der Waals surface area contributed by atoms with Gasteiger partial charge in [-0.25, -0.2) is 0 Å². The van der Waals surface area contributed by atoms with E-state index in [1.165, 1.54) is 6.08 Å². The average Bonchev–Trinajstić information content (AvgIpc) is 2.77. The van der Waals surface area contributed by atoms with E-state index in [4.69, 9.17) is 4.52 Å². The highest BCUT2D eigenvalue weighted by Crippen LogP contribution is 2.23. The van der Waals surface area contributed by atoms with Crippen molar-refractivity contribution >= 4 is 17.8 Å². The molecular formula is C14H12N2O3. The van der Waals surface area contributed by atoms with Gasteiger partial charge in [0.15, 0.2) is 5.69 Å². The molecule has 0 bridgehead atoms. The fraction of sp³-hybridized carbons (Fsp3) is 0.0714. The van der Waals surface area contributed by atoms with Crippen molar-refractivity contribution in [1.82, 2.24) is 5.16 Å². The van der Waals surface area contributed by atoms with E-state index in [2.05, 4.69) is 5.16 Å². The highest BCUT2D eigenvalue weighted by Gasteiger charge is 2.21. The average molecular weight is 256 g/mol. The zero-order chi connectivity index (χ0) is 13.7. The van der Waals surface area contributed by atoms with Crippen molar-refractivity contribution in [3.8, 4) is 0 Å². The number of benzene rings is 1. The number of hydrogen-bond acceptors (Lipinski definition) is 4. The van der Waals surface area contributed by atoms with Gasteiger partial charge >= 0.3 is 5.69 Å². The van der Waals surface area contributed by atoms with Gasteiger partial charge in [0.25, 0.3) is 0 Å². The van der Waals surface area contributed by atoms with E-state index in [9.17, 15) is 10.1 Å². The fourth-order valence-electron chi connectivity index (χ4n) is 1.59. The molecule has 0 N–H and O–H groups in total. The van der Waals surface area contributed by atoms with Crippen LogP contribution < -0.4 is 0 Å². The van der Waals surface area contributed by atoms with Crippen LogP contribution >= 0.6 is 0 Å². The molecule has 2 rings (SSSR count). The summed E-state index contributed by atoms with van der Waals surface area (Å²) in [6, 6.07) is 9.74. The second-order valence-corrected chi connectivity index (χ2v) is 3.87. The topological polar surface area (TPSA) is 69.2 Å². The molecule has 1 aromatic heterocycles. The zero-order valence-electron chi connectivity index (χ0n) is 10.3. The summed E-state index contributed by atoms with van der Waals surface area (Å²) in [5, 5.41) is 14.4. The molecule has 0 atom stereocenters. The van der Waals surface area contributed by atoms with E-state index in [0.717, 1.165) is 5.56 Å². The second kappa shape index (κ2) is 5.77. The van der Waals surface area contributed by atoms with Gasteiger partial charge in [-0.2, -0.15) is 0 Å². The molecule has 2 aromatic rings. The third-order valence-corrected chi connectivity index (χ3v) is 2.49. The van der Waals surface area contributed by atoms with Gasteiger partial charge in [0, 0.05) is 0 Å². The van der Waals surface area contributed by atoms with Crippen molar-refractivity contribution in [2.75, 3.05) is 0 Å². The number of rotatable bonds is 4. The molecule has 19 heavy (non-hydrogen) atoms. The molecule has 5 nitrogen and oxygen atoms in total. The predicted molar refractivity (Wildman–Crippen MR) is 72.4 cm³/mol. The van der Waals surface area contributed by atoms with Crippen molar-refractivity contribution in [3.63, 3.8) is 0 Å². The van der Waals surface area contributed by atoms with E-state index in [-0.39, 0.29) is 17.1 Å². The van der Waals surface area contributed by atoms with Crippen molar-refractivity contribution in [3.05, 3.63) is 69.6 Å². The molecule has 96 valence electrons. The highest BCUT2D eigenvalue weighted by molar-refractivity contribution is 5.60. The fourth-order valence-corrected chi connectivity index (χ4v) is 1.59. The lowest BCUT2D eigenvalue weighted by Gasteiger charge is -1.88. The first-order chi connectivity index (χ1) is 9.18. The molecule has 0 aliphatic heterocycles. The summed E-state index contributed by atoms with van der Waals surface area (Å²) < 4.78 is 4.90. The molecule has 0 amide bonds. The van der Waals surface area contributed by atoms with Gasteiger partial charge in [-0.1, -0.05) is 53.7 Å². The summed E-state index contributed by atoms with van der Waals surface area (Å²) >= 11 is 0. The Kier molecular flexibility index (Phi) is 3.87. The third kappa shape index (κ3) is 3.16. The summed E-state index contributed by atoms with van der Waals surface area (Å²) in [5.41, 5.74) is 1.23. The Morgan fingerprint density at radius 2 is 1.89 bits per heavy atom. The maximum Gasteiger partial charge on any atom is 0.338 e. The molecule has 0 saturated heterocycles. The SMILES string of the molecule is Cc1noc(C=CC=Cc2ccccc2)c1[N+](=O)[O-]. The molecule has 0 unspecified atom stereocenters. The number of nitro groups is 1. The lowest BCUT2D eigenvalue weighted by Crippen LogP contribution is -1.89. The number of nitrogens with zero attached hydrogens (tertiary/aromatic N) is 2. The summed E-state index contributed by atoms with van der Waals surface area (Å²) in [6.45, 7) is 1.54. The van der Waals surface area contributed by atoms with Crippen molar-refractivity contribution < 1.29 is 9.45 Å². The van der Waals surface area contributed by atoms with Crippen LogP contribution in [0, 0.1) is 17.0 Å². The van der Waals surface area contributed by atoms with Crippen LogP contribution in [0.5, 0.6) is 0 Å². The monoisotopic (exact) mass is 256 g/mol. The Hall–Kier alpha value is -2.69. The minimum Gasteiger partial charge on any atom is -0.349 e. The van der Waals surface area contributed by atoms with Crippen LogP contribution in [0.15, 0.2) is 47.0 Å². The first kappa shape index (κ1) is 12.8. The van der Waals surface area contributed by atoms with E-state index < -0.39 is 4.92 Å². The van der Waals surface area contributed by atoms with Crippen LogP contribution in [-0.4, -0.2) is 10.1 Å².